The molecule has 1 aromatic rings. The molecule has 7 heteroatoms. The van der Waals surface area contributed by atoms with Crippen LogP contribution in [0.25, 0.3) is 0 Å². The number of hydrogen-bond donors (Lipinski definition) is 2. The van der Waals surface area contributed by atoms with E-state index < -0.39 is 5.97 Å². The van der Waals surface area contributed by atoms with Crippen LogP contribution in [0.2, 0.25) is 0 Å². The molecule has 0 bridgehead atoms. The Bertz CT molecular complexity index is 595. The molecule has 0 radical (unpaired) electrons. The van der Waals surface area contributed by atoms with Crippen molar-refractivity contribution < 1.29 is 19.5 Å². The lowest BCUT2D eigenvalue weighted by Gasteiger charge is -2.16. The van der Waals surface area contributed by atoms with Crippen LogP contribution in [0.4, 0.5) is 0 Å². The summed E-state index contributed by atoms with van der Waals surface area (Å²) in [4.78, 5) is 40.1. The van der Waals surface area contributed by atoms with E-state index in [1.165, 1.54) is 18.3 Å². The van der Waals surface area contributed by atoms with Crippen molar-refractivity contribution in [3.05, 3.63) is 29.6 Å². The number of aromatic nitrogens is 1. The Morgan fingerprint density at radius 1 is 1.33 bits per heavy atom. The molecule has 3 rings (SSSR count). The van der Waals surface area contributed by atoms with Crippen LogP contribution >= 0.6 is 0 Å². The minimum Gasteiger partial charge on any atom is -0.477 e. The standard InChI is InChI=1S/C14H15N3O4/c18-12-5-9(7-17(12)10-2-3-10)16-13(19)8-1-4-11(14(20)21)15-6-8/h1,4,6,9-10H,2-3,5,7H2,(H,16,19)(H,20,21). The Morgan fingerprint density at radius 2 is 2.10 bits per heavy atom. The number of likely N-dealkylation sites (tertiary alicyclic amines) is 1. The summed E-state index contributed by atoms with van der Waals surface area (Å²) in [5.41, 5.74) is 0.180. The average Bonchev–Trinajstić information content (AvgIpc) is 3.23. The molecular weight excluding hydrogens is 274 g/mol. The van der Waals surface area contributed by atoms with Gasteiger partial charge >= 0.3 is 5.97 Å². The van der Waals surface area contributed by atoms with Gasteiger partial charge in [-0.05, 0) is 25.0 Å². The number of rotatable bonds is 4. The number of carboxylic acid groups (broad SMARTS) is 1. The molecule has 0 spiro atoms. The molecule has 1 atom stereocenters. The SMILES string of the molecule is O=C(NC1CC(=O)N(C2CC2)C1)c1ccc(C(=O)O)nc1. The molecule has 1 aliphatic carbocycles. The van der Waals surface area contributed by atoms with Gasteiger partial charge in [0.1, 0.15) is 5.69 Å². The summed E-state index contributed by atoms with van der Waals surface area (Å²) in [6, 6.07) is 2.87. The highest BCUT2D eigenvalue weighted by atomic mass is 16.4. The van der Waals surface area contributed by atoms with Crippen LogP contribution in [0, 0.1) is 0 Å². The molecule has 1 saturated heterocycles. The van der Waals surface area contributed by atoms with Crippen LogP contribution in [-0.4, -0.2) is 51.4 Å². The summed E-state index contributed by atoms with van der Waals surface area (Å²) < 4.78 is 0. The van der Waals surface area contributed by atoms with Gasteiger partial charge in [0, 0.05) is 25.2 Å². The van der Waals surface area contributed by atoms with Crippen molar-refractivity contribution in [1.82, 2.24) is 15.2 Å². The molecular formula is C14H15N3O4. The molecule has 1 aliphatic heterocycles. The van der Waals surface area contributed by atoms with Crippen LogP contribution in [0.15, 0.2) is 18.3 Å². The summed E-state index contributed by atoms with van der Waals surface area (Å²) in [7, 11) is 0. The first-order valence-electron chi connectivity index (χ1n) is 6.84. The molecule has 1 aromatic heterocycles. The van der Waals surface area contributed by atoms with Gasteiger partial charge in [0.2, 0.25) is 5.91 Å². The Morgan fingerprint density at radius 3 is 2.67 bits per heavy atom. The average molecular weight is 289 g/mol. The smallest absolute Gasteiger partial charge is 0.354 e. The second-order valence-electron chi connectivity index (χ2n) is 5.39. The summed E-state index contributed by atoms with van der Waals surface area (Å²) >= 11 is 0. The molecule has 1 unspecified atom stereocenters. The first-order chi connectivity index (χ1) is 10.0. The summed E-state index contributed by atoms with van der Waals surface area (Å²) in [6.07, 6.45) is 3.65. The zero-order chi connectivity index (χ0) is 15.0. The normalized spacial score (nSPS) is 21.4. The lowest BCUT2D eigenvalue weighted by molar-refractivity contribution is -0.128. The summed E-state index contributed by atoms with van der Waals surface area (Å²) in [5.74, 6) is -1.39. The van der Waals surface area contributed by atoms with Gasteiger partial charge in [-0.25, -0.2) is 9.78 Å². The Balaban J connectivity index is 1.61. The maximum Gasteiger partial charge on any atom is 0.354 e. The van der Waals surface area contributed by atoms with Crippen molar-refractivity contribution in [2.75, 3.05) is 6.54 Å². The van der Waals surface area contributed by atoms with E-state index in [0.717, 1.165) is 12.8 Å². The van der Waals surface area contributed by atoms with E-state index in [9.17, 15) is 14.4 Å². The van der Waals surface area contributed by atoms with Gasteiger partial charge in [0.25, 0.3) is 5.91 Å². The number of nitrogens with one attached hydrogen (secondary N) is 1. The predicted octanol–water partition coefficient (Wildman–Crippen LogP) is 0.273. The largest absolute Gasteiger partial charge is 0.477 e. The van der Waals surface area contributed by atoms with Crippen molar-refractivity contribution in [3.63, 3.8) is 0 Å². The number of aromatic carboxylic acids is 1. The number of carbonyl (C=O) groups excluding carboxylic acids is 2. The number of carboxylic acids is 1. The summed E-state index contributed by atoms with van der Waals surface area (Å²) in [5, 5.41) is 11.6. The van der Waals surface area contributed by atoms with Crippen molar-refractivity contribution in [2.24, 2.45) is 0 Å². The lowest BCUT2D eigenvalue weighted by Crippen LogP contribution is -2.37. The zero-order valence-corrected chi connectivity index (χ0v) is 11.3. The highest BCUT2D eigenvalue weighted by Crippen LogP contribution is 2.30. The fourth-order valence-corrected chi connectivity index (χ4v) is 2.49. The molecule has 2 aliphatic rings. The van der Waals surface area contributed by atoms with E-state index in [1.807, 2.05) is 4.90 Å². The molecule has 7 nitrogen and oxygen atoms in total. The number of pyridine rings is 1. The van der Waals surface area contributed by atoms with E-state index in [0.29, 0.717) is 19.0 Å². The van der Waals surface area contributed by atoms with Gasteiger partial charge in [-0.1, -0.05) is 0 Å². The highest BCUT2D eigenvalue weighted by Gasteiger charge is 2.39. The van der Waals surface area contributed by atoms with E-state index in [2.05, 4.69) is 10.3 Å². The maximum absolute atomic E-state index is 12.1. The zero-order valence-electron chi connectivity index (χ0n) is 11.3. The first-order valence-corrected chi connectivity index (χ1v) is 6.84. The van der Waals surface area contributed by atoms with Gasteiger partial charge in [-0.2, -0.15) is 0 Å². The van der Waals surface area contributed by atoms with Crippen LogP contribution in [0.5, 0.6) is 0 Å². The second-order valence-corrected chi connectivity index (χ2v) is 5.39. The van der Waals surface area contributed by atoms with Gasteiger partial charge in [0.15, 0.2) is 0 Å². The number of amides is 2. The second kappa shape index (κ2) is 5.16. The topological polar surface area (TPSA) is 99.6 Å². The third-order valence-electron chi connectivity index (χ3n) is 3.73. The molecule has 21 heavy (non-hydrogen) atoms. The molecule has 1 saturated carbocycles. The lowest BCUT2D eigenvalue weighted by atomic mass is 10.2. The van der Waals surface area contributed by atoms with Crippen LogP contribution in [0.3, 0.4) is 0 Å². The molecule has 110 valence electrons. The highest BCUT2D eigenvalue weighted by molar-refractivity contribution is 5.95. The van der Waals surface area contributed by atoms with Gasteiger partial charge in [-0.3, -0.25) is 9.59 Å². The van der Waals surface area contributed by atoms with Crippen molar-refractivity contribution in [2.45, 2.75) is 31.3 Å². The Labute approximate surface area is 121 Å². The monoisotopic (exact) mass is 289 g/mol. The number of hydrogen-bond acceptors (Lipinski definition) is 4. The maximum atomic E-state index is 12.1. The fourth-order valence-electron chi connectivity index (χ4n) is 2.49. The van der Waals surface area contributed by atoms with E-state index in [1.54, 1.807) is 0 Å². The molecule has 2 N–H and O–H groups in total. The van der Waals surface area contributed by atoms with Crippen LogP contribution < -0.4 is 5.32 Å². The molecule has 2 fully saturated rings. The van der Waals surface area contributed by atoms with E-state index in [-0.39, 0.29) is 29.1 Å². The third kappa shape index (κ3) is 2.86. The van der Waals surface area contributed by atoms with Crippen molar-refractivity contribution in [3.8, 4) is 0 Å². The third-order valence-corrected chi connectivity index (χ3v) is 3.73. The molecule has 0 aromatic carbocycles. The molecule has 2 heterocycles. The number of carbonyl (C=O) groups is 3. The van der Waals surface area contributed by atoms with E-state index >= 15 is 0 Å². The van der Waals surface area contributed by atoms with Crippen molar-refractivity contribution in [1.29, 1.82) is 0 Å². The van der Waals surface area contributed by atoms with Gasteiger partial charge in [0.05, 0.1) is 11.6 Å². The van der Waals surface area contributed by atoms with Crippen LogP contribution in [0.1, 0.15) is 40.1 Å². The van der Waals surface area contributed by atoms with Crippen molar-refractivity contribution >= 4 is 17.8 Å². The predicted molar refractivity (Wildman–Crippen MR) is 71.8 cm³/mol. The molecule has 2 amide bonds. The quantitative estimate of drug-likeness (QED) is 0.829. The number of nitrogens with zero attached hydrogens (tertiary/aromatic N) is 2. The summed E-state index contributed by atoms with van der Waals surface area (Å²) in [6.45, 7) is 0.551. The van der Waals surface area contributed by atoms with E-state index in [4.69, 9.17) is 5.11 Å². The van der Waals surface area contributed by atoms with Crippen LogP contribution in [-0.2, 0) is 4.79 Å². The Kier molecular flexibility index (Phi) is 3.32. The van der Waals surface area contributed by atoms with Gasteiger partial charge < -0.3 is 15.3 Å². The first kappa shape index (κ1) is 13.5. The fraction of sp³-hybridized carbons (Fsp3) is 0.429. The minimum absolute atomic E-state index is 0.0853. The Hall–Kier alpha value is -2.44. The van der Waals surface area contributed by atoms with Gasteiger partial charge in [-0.15, -0.1) is 0 Å². The minimum atomic E-state index is -1.14.